The van der Waals surface area contributed by atoms with Gasteiger partial charge in [0.1, 0.15) is 0 Å². The van der Waals surface area contributed by atoms with E-state index in [4.69, 9.17) is 0 Å². The van der Waals surface area contributed by atoms with Gasteiger partial charge in [0.2, 0.25) is 0 Å². The minimum absolute atomic E-state index is 0.189. The summed E-state index contributed by atoms with van der Waals surface area (Å²) in [5.74, 6) is -0.189. The number of halogens is 1. The SMILES string of the molecule is CS(=O)(=O)c1ccc(C(=O)NCCCBr)cc1. The van der Waals surface area contributed by atoms with Crippen LogP contribution in [0, 0.1) is 0 Å². The number of hydrogen-bond donors (Lipinski definition) is 1. The first kappa shape index (κ1) is 14.2. The zero-order valence-corrected chi connectivity index (χ0v) is 11.8. The van der Waals surface area contributed by atoms with Gasteiger partial charge in [0.25, 0.3) is 5.91 Å². The van der Waals surface area contributed by atoms with Crippen LogP contribution in [0.3, 0.4) is 0 Å². The molecule has 1 rings (SSSR count). The summed E-state index contributed by atoms with van der Waals surface area (Å²) in [6.45, 7) is 0.595. The van der Waals surface area contributed by atoms with Crippen LogP contribution in [0.1, 0.15) is 16.8 Å². The van der Waals surface area contributed by atoms with E-state index in [-0.39, 0.29) is 10.8 Å². The molecule has 1 N–H and O–H groups in total. The Balaban J connectivity index is 2.71. The van der Waals surface area contributed by atoms with Gasteiger partial charge in [-0.2, -0.15) is 0 Å². The van der Waals surface area contributed by atoms with Gasteiger partial charge in [-0.1, -0.05) is 15.9 Å². The average molecular weight is 320 g/mol. The monoisotopic (exact) mass is 319 g/mol. The summed E-state index contributed by atoms with van der Waals surface area (Å²) in [5.41, 5.74) is 0.465. The second kappa shape index (κ2) is 6.16. The molecule has 0 spiro atoms. The van der Waals surface area contributed by atoms with Gasteiger partial charge in [-0.15, -0.1) is 0 Å². The van der Waals surface area contributed by atoms with Gasteiger partial charge in [-0.3, -0.25) is 4.79 Å². The van der Waals surface area contributed by atoms with Crippen LogP contribution in [-0.4, -0.2) is 32.5 Å². The number of rotatable bonds is 5. The summed E-state index contributed by atoms with van der Waals surface area (Å²) >= 11 is 3.27. The van der Waals surface area contributed by atoms with Crippen LogP contribution in [0.2, 0.25) is 0 Å². The molecule has 0 unspecified atom stereocenters. The smallest absolute Gasteiger partial charge is 0.251 e. The minimum atomic E-state index is -3.20. The Morgan fingerprint density at radius 2 is 1.88 bits per heavy atom. The molecule has 1 amide bonds. The van der Waals surface area contributed by atoms with Gasteiger partial charge in [-0.05, 0) is 30.7 Å². The van der Waals surface area contributed by atoms with Gasteiger partial charge in [0.15, 0.2) is 9.84 Å². The molecule has 0 heterocycles. The summed E-state index contributed by atoms with van der Waals surface area (Å²) in [6.07, 6.45) is 1.99. The number of nitrogens with one attached hydrogen (secondary N) is 1. The highest BCUT2D eigenvalue weighted by Crippen LogP contribution is 2.10. The molecule has 0 aromatic heterocycles. The fourth-order valence-electron chi connectivity index (χ4n) is 1.22. The highest BCUT2D eigenvalue weighted by Gasteiger charge is 2.09. The van der Waals surface area contributed by atoms with Crippen molar-refractivity contribution in [3.05, 3.63) is 29.8 Å². The number of hydrogen-bond acceptors (Lipinski definition) is 3. The Labute approximate surface area is 109 Å². The first-order chi connectivity index (χ1) is 7.95. The predicted octanol–water partition coefficient (Wildman–Crippen LogP) is 1.60. The van der Waals surface area contributed by atoms with Crippen molar-refractivity contribution in [1.29, 1.82) is 0 Å². The molecular weight excluding hydrogens is 306 g/mol. The molecule has 0 radical (unpaired) electrons. The van der Waals surface area contributed by atoms with Gasteiger partial charge >= 0.3 is 0 Å². The highest BCUT2D eigenvalue weighted by atomic mass is 79.9. The molecular formula is C11H14BrNO3S. The maximum absolute atomic E-state index is 11.6. The van der Waals surface area contributed by atoms with Crippen LogP contribution in [0.15, 0.2) is 29.2 Å². The van der Waals surface area contributed by atoms with Crippen LogP contribution >= 0.6 is 15.9 Å². The van der Waals surface area contributed by atoms with Crippen molar-refractivity contribution < 1.29 is 13.2 Å². The molecule has 0 saturated heterocycles. The molecule has 1 aromatic rings. The molecule has 0 aliphatic heterocycles. The lowest BCUT2D eigenvalue weighted by Crippen LogP contribution is -2.24. The fraction of sp³-hybridized carbons (Fsp3) is 0.364. The second-order valence-corrected chi connectivity index (χ2v) is 6.40. The number of sulfone groups is 1. The van der Waals surface area contributed by atoms with E-state index in [9.17, 15) is 13.2 Å². The van der Waals surface area contributed by atoms with E-state index in [0.29, 0.717) is 12.1 Å². The fourth-order valence-corrected chi connectivity index (χ4v) is 2.14. The van der Waals surface area contributed by atoms with E-state index < -0.39 is 9.84 Å². The van der Waals surface area contributed by atoms with Crippen LogP contribution < -0.4 is 5.32 Å². The topological polar surface area (TPSA) is 63.2 Å². The van der Waals surface area contributed by atoms with Crippen molar-refractivity contribution in [2.45, 2.75) is 11.3 Å². The maximum atomic E-state index is 11.6. The molecule has 0 bridgehead atoms. The molecule has 0 atom stereocenters. The lowest BCUT2D eigenvalue weighted by Gasteiger charge is -2.04. The van der Waals surface area contributed by atoms with Gasteiger partial charge in [0, 0.05) is 23.7 Å². The Bertz CT molecular complexity index is 482. The summed E-state index contributed by atoms with van der Waals surface area (Å²) < 4.78 is 22.4. The lowest BCUT2D eigenvalue weighted by molar-refractivity contribution is 0.0953. The van der Waals surface area contributed by atoms with Crippen LogP contribution in [0.4, 0.5) is 0 Å². The number of carbonyl (C=O) groups is 1. The zero-order valence-electron chi connectivity index (χ0n) is 9.44. The van der Waals surface area contributed by atoms with Crippen molar-refractivity contribution >= 4 is 31.7 Å². The van der Waals surface area contributed by atoms with E-state index >= 15 is 0 Å². The number of amides is 1. The summed E-state index contributed by atoms with van der Waals surface area (Å²) in [4.78, 5) is 11.8. The number of carbonyl (C=O) groups excluding carboxylic acids is 1. The average Bonchev–Trinajstić information content (AvgIpc) is 2.28. The zero-order chi connectivity index (χ0) is 12.9. The van der Waals surface area contributed by atoms with Crippen molar-refractivity contribution in [3.8, 4) is 0 Å². The van der Waals surface area contributed by atoms with Crippen LogP contribution in [0.25, 0.3) is 0 Å². The summed E-state index contributed by atoms with van der Waals surface area (Å²) in [6, 6.07) is 5.91. The molecule has 6 heteroatoms. The quantitative estimate of drug-likeness (QED) is 0.662. The van der Waals surface area contributed by atoms with E-state index in [2.05, 4.69) is 21.2 Å². The Kier molecular flexibility index (Phi) is 5.14. The predicted molar refractivity (Wildman–Crippen MR) is 70.3 cm³/mol. The summed E-state index contributed by atoms with van der Waals surface area (Å²) in [5, 5.41) is 3.57. The van der Waals surface area contributed by atoms with Crippen molar-refractivity contribution in [2.24, 2.45) is 0 Å². The van der Waals surface area contributed by atoms with Crippen molar-refractivity contribution in [3.63, 3.8) is 0 Å². The molecule has 0 fully saturated rings. The Morgan fingerprint density at radius 1 is 1.29 bits per heavy atom. The van der Waals surface area contributed by atoms with Gasteiger partial charge < -0.3 is 5.32 Å². The lowest BCUT2D eigenvalue weighted by atomic mass is 10.2. The first-order valence-electron chi connectivity index (χ1n) is 5.09. The van der Waals surface area contributed by atoms with Crippen molar-refractivity contribution in [1.82, 2.24) is 5.32 Å². The van der Waals surface area contributed by atoms with E-state index in [1.807, 2.05) is 0 Å². The Morgan fingerprint density at radius 3 is 2.35 bits per heavy atom. The molecule has 1 aromatic carbocycles. The Hall–Kier alpha value is -0.880. The largest absolute Gasteiger partial charge is 0.352 e. The van der Waals surface area contributed by atoms with Crippen LogP contribution in [-0.2, 0) is 9.84 Å². The van der Waals surface area contributed by atoms with E-state index in [1.54, 1.807) is 0 Å². The van der Waals surface area contributed by atoms with Gasteiger partial charge in [-0.25, -0.2) is 8.42 Å². The summed E-state index contributed by atoms with van der Waals surface area (Å²) in [7, 11) is -3.20. The second-order valence-electron chi connectivity index (χ2n) is 3.59. The first-order valence-corrected chi connectivity index (χ1v) is 8.10. The van der Waals surface area contributed by atoms with Crippen LogP contribution in [0.5, 0.6) is 0 Å². The van der Waals surface area contributed by atoms with E-state index in [1.165, 1.54) is 24.3 Å². The molecule has 0 aliphatic carbocycles. The van der Waals surface area contributed by atoms with E-state index in [0.717, 1.165) is 18.0 Å². The minimum Gasteiger partial charge on any atom is -0.352 e. The maximum Gasteiger partial charge on any atom is 0.251 e. The third kappa shape index (κ3) is 4.47. The molecule has 4 nitrogen and oxygen atoms in total. The van der Waals surface area contributed by atoms with Crippen molar-refractivity contribution in [2.75, 3.05) is 18.1 Å². The molecule has 0 aliphatic rings. The molecule has 94 valence electrons. The third-order valence-electron chi connectivity index (χ3n) is 2.14. The number of benzene rings is 1. The normalized spacial score (nSPS) is 11.2. The number of alkyl halides is 1. The molecule has 17 heavy (non-hydrogen) atoms. The molecule has 0 saturated carbocycles. The standard InChI is InChI=1S/C11H14BrNO3S/c1-17(15,16)10-5-3-9(4-6-10)11(14)13-8-2-7-12/h3-6H,2,7-8H2,1H3,(H,13,14). The van der Waals surface area contributed by atoms with Gasteiger partial charge in [0.05, 0.1) is 4.90 Å². The third-order valence-corrected chi connectivity index (χ3v) is 3.83. The highest BCUT2D eigenvalue weighted by molar-refractivity contribution is 9.09.